The predicted molar refractivity (Wildman–Crippen MR) is 111 cm³/mol. The van der Waals surface area contributed by atoms with Crippen molar-refractivity contribution in [3.63, 3.8) is 0 Å². The summed E-state index contributed by atoms with van der Waals surface area (Å²) in [6.45, 7) is 1.90. The number of hydrogen-bond acceptors (Lipinski definition) is 6. The van der Waals surface area contributed by atoms with E-state index in [2.05, 4.69) is 15.5 Å². The van der Waals surface area contributed by atoms with Crippen LogP contribution in [0.3, 0.4) is 0 Å². The number of methoxy groups -OCH3 is 2. The average Bonchev–Trinajstić information content (AvgIpc) is 3.17. The summed E-state index contributed by atoms with van der Waals surface area (Å²) in [7, 11) is 3.20. The third-order valence-electron chi connectivity index (χ3n) is 4.12. The molecule has 0 bridgehead atoms. The molecule has 3 rings (SSSR count). The highest BCUT2D eigenvalue weighted by Crippen LogP contribution is 2.30. The first-order valence-corrected chi connectivity index (χ1v) is 9.53. The molecule has 0 aliphatic carbocycles. The van der Waals surface area contributed by atoms with Crippen LogP contribution in [0.5, 0.6) is 11.5 Å². The van der Waals surface area contributed by atoms with E-state index in [1.165, 1.54) is 11.3 Å². The lowest BCUT2D eigenvalue weighted by molar-refractivity contribution is -0.120. The van der Waals surface area contributed by atoms with Crippen molar-refractivity contribution >= 4 is 23.5 Å². The van der Waals surface area contributed by atoms with E-state index in [9.17, 15) is 4.79 Å². The number of ether oxygens (including phenoxy) is 2. The number of hydrogen-bond donors (Lipinski definition) is 1. The number of nitrogens with one attached hydrogen (secondary N) is 1. The van der Waals surface area contributed by atoms with Gasteiger partial charge in [-0.15, -0.1) is 11.3 Å². The molecule has 0 spiro atoms. The van der Waals surface area contributed by atoms with E-state index in [4.69, 9.17) is 9.47 Å². The van der Waals surface area contributed by atoms with Crippen LogP contribution in [0.25, 0.3) is 10.6 Å². The fourth-order valence-corrected chi connectivity index (χ4v) is 3.59. The van der Waals surface area contributed by atoms with E-state index in [1.807, 2.05) is 54.8 Å². The van der Waals surface area contributed by atoms with Gasteiger partial charge in [0.15, 0.2) is 0 Å². The zero-order valence-electron chi connectivity index (χ0n) is 15.9. The molecule has 0 fully saturated rings. The van der Waals surface area contributed by atoms with Crippen molar-refractivity contribution in [1.82, 2.24) is 10.4 Å². The molecule has 0 aliphatic rings. The number of aromatic nitrogens is 1. The molecular weight excluding hydrogens is 374 g/mol. The van der Waals surface area contributed by atoms with Crippen LogP contribution >= 0.6 is 11.3 Å². The predicted octanol–water partition coefficient (Wildman–Crippen LogP) is 3.83. The number of carbonyl (C=O) groups is 1. The third-order valence-corrected chi connectivity index (χ3v) is 5.06. The topological polar surface area (TPSA) is 72.8 Å². The van der Waals surface area contributed by atoms with Gasteiger partial charge in [0, 0.05) is 22.1 Å². The molecule has 144 valence electrons. The van der Waals surface area contributed by atoms with Crippen LogP contribution in [0.4, 0.5) is 0 Å². The van der Waals surface area contributed by atoms with Crippen molar-refractivity contribution < 1.29 is 14.3 Å². The van der Waals surface area contributed by atoms with Crippen molar-refractivity contribution in [2.24, 2.45) is 5.10 Å². The smallest absolute Gasteiger partial charge is 0.246 e. The zero-order valence-corrected chi connectivity index (χ0v) is 16.7. The van der Waals surface area contributed by atoms with Gasteiger partial charge in [-0.05, 0) is 19.1 Å². The molecule has 1 heterocycles. The van der Waals surface area contributed by atoms with E-state index in [-0.39, 0.29) is 12.3 Å². The van der Waals surface area contributed by atoms with Crippen LogP contribution in [0, 0.1) is 6.92 Å². The van der Waals surface area contributed by atoms with Crippen LogP contribution in [0.15, 0.2) is 52.9 Å². The molecule has 28 heavy (non-hydrogen) atoms. The highest BCUT2D eigenvalue weighted by Gasteiger charge is 2.11. The standard InChI is InChI=1S/C21H21N3O3S/c1-14-18(26-2)10-9-16(20(14)27-3)12-22-24-19(25)11-17-13-28-21(23-17)15-7-5-4-6-8-15/h4-10,12-13H,11H2,1-3H3,(H,24,25)/b22-12+. The van der Waals surface area contributed by atoms with Gasteiger partial charge in [0.2, 0.25) is 5.91 Å². The van der Waals surface area contributed by atoms with Gasteiger partial charge in [-0.2, -0.15) is 5.10 Å². The molecule has 0 unspecified atom stereocenters. The Balaban J connectivity index is 1.62. The second-order valence-electron chi connectivity index (χ2n) is 6.00. The van der Waals surface area contributed by atoms with Crippen LogP contribution in [0.2, 0.25) is 0 Å². The Bertz CT molecular complexity index is 984. The molecule has 3 aromatic rings. The molecule has 1 aromatic heterocycles. The highest BCUT2D eigenvalue weighted by molar-refractivity contribution is 7.13. The minimum atomic E-state index is -0.231. The monoisotopic (exact) mass is 395 g/mol. The normalized spacial score (nSPS) is 10.8. The van der Waals surface area contributed by atoms with Crippen LogP contribution < -0.4 is 14.9 Å². The second-order valence-corrected chi connectivity index (χ2v) is 6.85. The number of hydrazone groups is 1. The summed E-state index contributed by atoms with van der Waals surface area (Å²) >= 11 is 1.52. The van der Waals surface area contributed by atoms with Gasteiger partial charge in [0.25, 0.3) is 0 Å². The number of thiazole rings is 1. The fourth-order valence-electron chi connectivity index (χ4n) is 2.77. The van der Waals surface area contributed by atoms with Crippen molar-refractivity contribution in [2.45, 2.75) is 13.3 Å². The highest BCUT2D eigenvalue weighted by atomic mass is 32.1. The lowest BCUT2D eigenvalue weighted by Gasteiger charge is -2.11. The Kier molecular flexibility index (Phi) is 6.39. The van der Waals surface area contributed by atoms with E-state index < -0.39 is 0 Å². The Morgan fingerprint density at radius 1 is 1.18 bits per heavy atom. The van der Waals surface area contributed by atoms with E-state index in [0.29, 0.717) is 5.75 Å². The van der Waals surface area contributed by atoms with Crippen molar-refractivity contribution in [1.29, 1.82) is 0 Å². The van der Waals surface area contributed by atoms with Gasteiger partial charge in [0.1, 0.15) is 16.5 Å². The first-order valence-electron chi connectivity index (χ1n) is 8.65. The number of carbonyl (C=O) groups excluding carboxylic acids is 1. The summed E-state index contributed by atoms with van der Waals surface area (Å²) in [5.41, 5.74) is 5.92. The van der Waals surface area contributed by atoms with Gasteiger partial charge < -0.3 is 9.47 Å². The average molecular weight is 395 g/mol. The summed E-state index contributed by atoms with van der Waals surface area (Å²) < 4.78 is 10.7. The van der Waals surface area contributed by atoms with E-state index in [0.717, 1.165) is 33.1 Å². The van der Waals surface area contributed by atoms with Crippen molar-refractivity contribution in [3.8, 4) is 22.1 Å². The summed E-state index contributed by atoms with van der Waals surface area (Å²) in [6.07, 6.45) is 1.72. The summed E-state index contributed by atoms with van der Waals surface area (Å²) in [6, 6.07) is 13.5. The molecule has 0 aliphatic heterocycles. The van der Waals surface area contributed by atoms with Gasteiger partial charge in [-0.1, -0.05) is 30.3 Å². The van der Waals surface area contributed by atoms with Gasteiger partial charge in [0.05, 0.1) is 32.5 Å². The number of rotatable bonds is 7. The van der Waals surface area contributed by atoms with E-state index >= 15 is 0 Å². The minimum Gasteiger partial charge on any atom is -0.496 e. The van der Waals surface area contributed by atoms with Crippen LogP contribution in [-0.4, -0.2) is 31.3 Å². The first kappa shape index (κ1) is 19.6. The molecule has 0 saturated carbocycles. The largest absolute Gasteiger partial charge is 0.496 e. The molecule has 1 amide bonds. The number of benzene rings is 2. The SMILES string of the molecule is COc1ccc(/C=N/NC(=O)Cc2csc(-c3ccccc3)n2)c(OC)c1C. The Hall–Kier alpha value is -3.19. The van der Waals surface area contributed by atoms with Gasteiger partial charge in [-0.3, -0.25) is 4.79 Å². The quantitative estimate of drug-likeness (QED) is 0.487. The number of amides is 1. The van der Waals surface area contributed by atoms with Crippen molar-refractivity contribution in [3.05, 3.63) is 64.7 Å². The van der Waals surface area contributed by atoms with E-state index in [1.54, 1.807) is 20.4 Å². The molecule has 6 nitrogen and oxygen atoms in total. The maximum absolute atomic E-state index is 12.2. The van der Waals surface area contributed by atoms with Gasteiger partial charge >= 0.3 is 0 Å². The molecule has 1 N–H and O–H groups in total. The molecular formula is C21H21N3O3S. The Morgan fingerprint density at radius 3 is 2.68 bits per heavy atom. The summed E-state index contributed by atoms with van der Waals surface area (Å²) in [5.74, 6) is 1.16. The van der Waals surface area contributed by atoms with Gasteiger partial charge in [-0.25, -0.2) is 10.4 Å². The molecule has 0 saturated heterocycles. The molecule has 0 radical (unpaired) electrons. The molecule has 7 heteroatoms. The second kappa shape index (κ2) is 9.14. The van der Waals surface area contributed by atoms with Crippen LogP contribution in [0.1, 0.15) is 16.8 Å². The molecule has 2 aromatic carbocycles. The summed E-state index contributed by atoms with van der Waals surface area (Å²) in [5, 5.41) is 6.82. The Morgan fingerprint density at radius 2 is 1.96 bits per heavy atom. The Labute approximate surface area is 167 Å². The third kappa shape index (κ3) is 4.55. The minimum absolute atomic E-state index is 0.166. The maximum Gasteiger partial charge on any atom is 0.246 e. The number of nitrogens with zero attached hydrogens (tertiary/aromatic N) is 2. The summed E-state index contributed by atoms with van der Waals surface area (Å²) in [4.78, 5) is 16.7. The van der Waals surface area contributed by atoms with Crippen LogP contribution in [-0.2, 0) is 11.2 Å². The lowest BCUT2D eigenvalue weighted by atomic mass is 10.1. The van der Waals surface area contributed by atoms with Crippen molar-refractivity contribution in [2.75, 3.05) is 14.2 Å². The lowest BCUT2D eigenvalue weighted by Crippen LogP contribution is -2.20. The molecule has 0 atom stereocenters. The maximum atomic E-state index is 12.2. The first-order chi connectivity index (χ1) is 13.6. The fraction of sp³-hybridized carbons (Fsp3) is 0.190. The zero-order chi connectivity index (χ0) is 19.9.